The Hall–Kier alpha value is -0.870. The number of halogens is 2. The maximum Gasteiger partial charge on any atom is 0.407 e. The predicted molar refractivity (Wildman–Crippen MR) is 43.0 cm³/mol. The van der Waals surface area contributed by atoms with Crippen molar-refractivity contribution in [3.8, 4) is 0 Å². The fraction of sp³-hybridized carbons (Fsp3) is 0.875. The third-order valence-corrected chi connectivity index (χ3v) is 2.36. The van der Waals surface area contributed by atoms with Gasteiger partial charge in [-0.05, 0) is 13.8 Å². The molecule has 0 aromatic rings. The number of carbonyl (C=O) groups is 1. The Labute approximate surface area is 75.3 Å². The summed E-state index contributed by atoms with van der Waals surface area (Å²) in [5.74, 6) is -2.72. The van der Waals surface area contributed by atoms with Crippen molar-refractivity contribution in [1.29, 1.82) is 0 Å². The average molecular weight is 193 g/mol. The topological polar surface area (TPSA) is 40.5 Å². The molecule has 1 amide bonds. The maximum atomic E-state index is 12.9. The summed E-state index contributed by atoms with van der Waals surface area (Å²) in [6.45, 7) is 3.02. The Morgan fingerprint density at radius 1 is 1.38 bits per heavy atom. The number of likely N-dealkylation sites (tertiary alicyclic amines) is 1. The number of carboxylic acid groups (broad SMARTS) is 1. The molecule has 0 radical (unpaired) electrons. The Balaban J connectivity index is 2.76. The van der Waals surface area contributed by atoms with E-state index >= 15 is 0 Å². The molecule has 1 heterocycles. The van der Waals surface area contributed by atoms with Crippen molar-refractivity contribution < 1.29 is 18.7 Å². The van der Waals surface area contributed by atoms with Gasteiger partial charge in [-0.3, -0.25) is 0 Å². The minimum atomic E-state index is -2.72. The molecule has 0 saturated carbocycles. The number of alkyl halides is 2. The molecule has 0 spiro atoms. The second kappa shape index (κ2) is 3.12. The van der Waals surface area contributed by atoms with Gasteiger partial charge in [0.1, 0.15) is 0 Å². The molecule has 1 aliphatic rings. The van der Waals surface area contributed by atoms with E-state index in [0.29, 0.717) is 0 Å². The molecule has 1 N–H and O–H groups in total. The zero-order chi connectivity index (χ0) is 10.2. The average Bonchev–Trinajstić information content (AvgIpc) is 1.78. The van der Waals surface area contributed by atoms with Crippen molar-refractivity contribution in [3.05, 3.63) is 0 Å². The van der Waals surface area contributed by atoms with Gasteiger partial charge in [0, 0.05) is 24.9 Å². The van der Waals surface area contributed by atoms with Gasteiger partial charge in [0.05, 0.1) is 0 Å². The summed E-state index contributed by atoms with van der Waals surface area (Å²) >= 11 is 0. The van der Waals surface area contributed by atoms with Gasteiger partial charge in [-0.1, -0.05) is 0 Å². The standard InChI is InChI=1S/C8H13F2NO2/c1-5-3-8(9,10)4-6(2)11(5)7(12)13/h5-6H,3-4H2,1-2H3,(H,12,13)/t5-,6+. The van der Waals surface area contributed by atoms with E-state index in [0.717, 1.165) is 4.90 Å². The lowest BCUT2D eigenvalue weighted by Crippen LogP contribution is -2.52. The summed E-state index contributed by atoms with van der Waals surface area (Å²) in [5, 5.41) is 8.73. The van der Waals surface area contributed by atoms with E-state index in [4.69, 9.17) is 5.11 Å². The Morgan fingerprint density at radius 3 is 2.08 bits per heavy atom. The highest BCUT2D eigenvalue weighted by Gasteiger charge is 2.44. The van der Waals surface area contributed by atoms with Gasteiger partial charge >= 0.3 is 6.09 Å². The third-order valence-electron chi connectivity index (χ3n) is 2.36. The fourth-order valence-electron chi connectivity index (χ4n) is 1.96. The largest absolute Gasteiger partial charge is 0.465 e. The lowest BCUT2D eigenvalue weighted by atomic mass is 9.94. The minimum absolute atomic E-state index is 0.371. The molecule has 0 aromatic carbocycles. The van der Waals surface area contributed by atoms with Crippen LogP contribution in [0.1, 0.15) is 26.7 Å². The summed E-state index contributed by atoms with van der Waals surface area (Å²) in [4.78, 5) is 11.8. The first kappa shape index (κ1) is 10.2. The van der Waals surface area contributed by atoms with Crippen LogP contribution in [0.4, 0.5) is 13.6 Å². The zero-order valence-corrected chi connectivity index (χ0v) is 7.63. The minimum Gasteiger partial charge on any atom is -0.465 e. The summed E-state index contributed by atoms with van der Waals surface area (Å²) in [6, 6.07) is -1.20. The van der Waals surface area contributed by atoms with E-state index in [1.54, 1.807) is 0 Å². The van der Waals surface area contributed by atoms with Gasteiger partial charge in [0.15, 0.2) is 0 Å². The normalized spacial score (nSPS) is 33.1. The first-order valence-corrected chi connectivity index (χ1v) is 4.22. The molecule has 76 valence electrons. The quantitative estimate of drug-likeness (QED) is 0.640. The van der Waals surface area contributed by atoms with Crippen molar-refractivity contribution in [2.24, 2.45) is 0 Å². The molecule has 1 aliphatic heterocycles. The summed E-state index contributed by atoms with van der Waals surface area (Å²) in [5.41, 5.74) is 0. The number of rotatable bonds is 0. The summed E-state index contributed by atoms with van der Waals surface area (Å²) in [7, 11) is 0. The van der Waals surface area contributed by atoms with Crippen LogP contribution in [-0.4, -0.2) is 34.1 Å². The Bertz CT molecular complexity index is 206. The second-order valence-corrected chi connectivity index (χ2v) is 3.65. The molecule has 1 fully saturated rings. The summed E-state index contributed by atoms with van der Waals surface area (Å²) < 4.78 is 25.8. The van der Waals surface area contributed by atoms with Crippen LogP contribution < -0.4 is 0 Å². The van der Waals surface area contributed by atoms with Crippen molar-refractivity contribution in [3.63, 3.8) is 0 Å². The van der Waals surface area contributed by atoms with E-state index in [1.807, 2.05) is 0 Å². The fourth-order valence-corrected chi connectivity index (χ4v) is 1.96. The number of piperidine rings is 1. The third kappa shape index (κ3) is 2.08. The summed E-state index contributed by atoms with van der Waals surface area (Å²) in [6.07, 6.45) is -1.86. The van der Waals surface area contributed by atoms with Gasteiger partial charge < -0.3 is 10.0 Å². The second-order valence-electron chi connectivity index (χ2n) is 3.65. The Kier molecular flexibility index (Phi) is 2.45. The molecule has 2 atom stereocenters. The van der Waals surface area contributed by atoms with Crippen LogP contribution >= 0.6 is 0 Å². The van der Waals surface area contributed by atoms with Crippen molar-refractivity contribution in [2.75, 3.05) is 0 Å². The first-order chi connectivity index (χ1) is 5.83. The molecule has 3 nitrogen and oxygen atoms in total. The molecule has 0 aliphatic carbocycles. The van der Waals surface area contributed by atoms with Crippen LogP contribution in [0.2, 0.25) is 0 Å². The van der Waals surface area contributed by atoms with Crippen LogP contribution in [0.5, 0.6) is 0 Å². The highest BCUT2D eigenvalue weighted by molar-refractivity contribution is 5.66. The van der Waals surface area contributed by atoms with Crippen molar-refractivity contribution in [1.82, 2.24) is 4.90 Å². The highest BCUT2D eigenvalue weighted by Crippen LogP contribution is 2.35. The first-order valence-electron chi connectivity index (χ1n) is 4.22. The smallest absolute Gasteiger partial charge is 0.407 e. The number of hydrogen-bond acceptors (Lipinski definition) is 1. The highest BCUT2D eigenvalue weighted by atomic mass is 19.3. The van der Waals surface area contributed by atoms with Gasteiger partial charge in [0.2, 0.25) is 0 Å². The monoisotopic (exact) mass is 193 g/mol. The number of amides is 1. The molecular weight excluding hydrogens is 180 g/mol. The van der Waals surface area contributed by atoms with Crippen molar-refractivity contribution >= 4 is 6.09 Å². The molecule has 1 rings (SSSR count). The van der Waals surface area contributed by atoms with Crippen LogP contribution in [0.3, 0.4) is 0 Å². The van der Waals surface area contributed by atoms with Crippen LogP contribution in [0.15, 0.2) is 0 Å². The van der Waals surface area contributed by atoms with E-state index < -0.39 is 24.1 Å². The van der Waals surface area contributed by atoms with Gasteiger partial charge in [-0.15, -0.1) is 0 Å². The molecule has 5 heteroatoms. The molecule has 13 heavy (non-hydrogen) atoms. The number of hydrogen-bond donors (Lipinski definition) is 1. The number of nitrogens with zero attached hydrogens (tertiary/aromatic N) is 1. The van der Waals surface area contributed by atoms with Gasteiger partial charge in [0.25, 0.3) is 5.92 Å². The molecular formula is C8H13F2NO2. The predicted octanol–water partition coefficient (Wildman–Crippen LogP) is 2.17. The lowest BCUT2D eigenvalue weighted by molar-refractivity contribution is -0.0866. The van der Waals surface area contributed by atoms with Crippen LogP contribution in [0.25, 0.3) is 0 Å². The van der Waals surface area contributed by atoms with Crippen molar-refractivity contribution in [2.45, 2.75) is 44.7 Å². The van der Waals surface area contributed by atoms with E-state index in [1.165, 1.54) is 13.8 Å². The van der Waals surface area contributed by atoms with E-state index in [9.17, 15) is 13.6 Å². The Morgan fingerprint density at radius 2 is 1.77 bits per heavy atom. The van der Waals surface area contributed by atoms with Gasteiger partial charge in [-0.2, -0.15) is 0 Å². The van der Waals surface area contributed by atoms with Gasteiger partial charge in [-0.25, -0.2) is 13.6 Å². The lowest BCUT2D eigenvalue weighted by Gasteiger charge is -2.40. The molecule has 0 unspecified atom stereocenters. The molecule has 0 aromatic heterocycles. The van der Waals surface area contributed by atoms with Crippen LogP contribution in [-0.2, 0) is 0 Å². The SMILES string of the molecule is C[C@@H]1CC(F)(F)C[C@H](C)N1C(=O)O. The van der Waals surface area contributed by atoms with Crippen LogP contribution in [0, 0.1) is 0 Å². The molecule has 1 saturated heterocycles. The van der Waals surface area contributed by atoms with E-state index in [2.05, 4.69) is 0 Å². The van der Waals surface area contributed by atoms with E-state index in [-0.39, 0.29) is 12.8 Å². The molecule has 0 bridgehead atoms. The maximum absolute atomic E-state index is 12.9. The zero-order valence-electron chi connectivity index (χ0n) is 7.63.